The second-order valence-electron chi connectivity index (χ2n) is 8.19. The minimum Gasteiger partial charge on any atom is -0.376 e. The molecule has 1 atom stereocenters. The molecule has 0 aliphatic carbocycles. The summed E-state index contributed by atoms with van der Waals surface area (Å²) in [6.45, 7) is 6.20. The third-order valence-corrected chi connectivity index (χ3v) is 5.97. The van der Waals surface area contributed by atoms with Crippen molar-refractivity contribution in [2.45, 2.75) is 51.7 Å². The van der Waals surface area contributed by atoms with Gasteiger partial charge in [-0.15, -0.1) is 0 Å². The maximum atomic E-state index is 13.5. The van der Waals surface area contributed by atoms with Gasteiger partial charge in [0.05, 0.1) is 18.3 Å². The van der Waals surface area contributed by atoms with Crippen LogP contribution in [0.1, 0.15) is 53.7 Å². The highest BCUT2D eigenvalue weighted by Gasteiger charge is 2.25. The number of hydrogen-bond acceptors (Lipinski definition) is 4. The summed E-state index contributed by atoms with van der Waals surface area (Å²) in [5.41, 5.74) is 4.09. The Morgan fingerprint density at radius 3 is 2.76 bits per heavy atom. The molecule has 29 heavy (non-hydrogen) atoms. The summed E-state index contributed by atoms with van der Waals surface area (Å²) in [5.74, 6) is 0.0596. The molecule has 154 valence electrons. The van der Waals surface area contributed by atoms with Crippen molar-refractivity contribution in [1.82, 2.24) is 9.88 Å². The molecule has 0 bridgehead atoms. The summed E-state index contributed by atoms with van der Waals surface area (Å²) in [4.78, 5) is 22.3. The van der Waals surface area contributed by atoms with Gasteiger partial charge in [0.2, 0.25) is 0 Å². The highest BCUT2D eigenvalue weighted by molar-refractivity contribution is 5.95. The number of carbonyl (C=O) groups excluding carboxylic acids is 1. The van der Waals surface area contributed by atoms with Crippen molar-refractivity contribution in [2.24, 2.45) is 0 Å². The van der Waals surface area contributed by atoms with Gasteiger partial charge in [-0.3, -0.25) is 9.78 Å². The van der Waals surface area contributed by atoms with Gasteiger partial charge in [0.15, 0.2) is 0 Å². The van der Waals surface area contributed by atoms with Crippen molar-refractivity contribution in [3.63, 3.8) is 0 Å². The standard InChI is InChI=1S/C24H31N3O2/c1-19-10-11-20(16-23(19)26-13-5-2-6-14-26)24(28)27(18-22-9-7-15-29-22)17-21-8-3-4-12-25-21/h3-4,8,10-12,16,22H,2,5-7,9,13-15,17-18H2,1H3/t22-/m0/s1. The van der Waals surface area contributed by atoms with Crippen molar-refractivity contribution in [1.29, 1.82) is 0 Å². The molecule has 1 aromatic carbocycles. The molecule has 1 aromatic heterocycles. The van der Waals surface area contributed by atoms with Crippen molar-refractivity contribution < 1.29 is 9.53 Å². The second-order valence-corrected chi connectivity index (χ2v) is 8.19. The third-order valence-electron chi connectivity index (χ3n) is 5.97. The Hall–Kier alpha value is -2.40. The molecular weight excluding hydrogens is 362 g/mol. The first-order valence-electron chi connectivity index (χ1n) is 10.9. The van der Waals surface area contributed by atoms with E-state index in [4.69, 9.17) is 4.74 Å². The van der Waals surface area contributed by atoms with E-state index < -0.39 is 0 Å². The molecule has 2 fully saturated rings. The molecule has 2 saturated heterocycles. The quantitative estimate of drug-likeness (QED) is 0.738. The van der Waals surface area contributed by atoms with Crippen LogP contribution in [0, 0.1) is 6.92 Å². The first-order chi connectivity index (χ1) is 14.2. The van der Waals surface area contributed by atoms with E-state index in [2.05, 4.69) is 28.9 Å². The molecule has 0 saturated carbocycles. The normalized spacial score (nSPS) is 19.3. The fraction of sp³-hybridized carbons (Fsp3) is 0.500. The highest BCUT2D eigenvalue weighted by Crippen LogP contribution is 2.26. The topological polar surface area (TPSA) is 45.7 Å². The minimum absolute atomic E-state index is 0.0596. The van der Waals surface area contributed by atoms with Crippen LogP contribution in [0.25, 0.3) is 0 Å². The predicted octanol–water partition coefficient (Wildman–Crippen LogP) is 4.20. The fourth-order valence-corrected chi connectivity index (χ4v) is 4.34. The SMILES string of the molecule is Cc1ccc(C(=O)N(Cc2ccccn2)C[C@@H]2CCCO2)cc1N1CCCCC1. The molecule has 2 aromatic rings. The fourth-order valence-electron chi connectivity index (χ4n) is 4.34. The number of pyridine rings is 1. The molecule has 2 aliphatic rings. The number of amides is 1. The number of hydrogen-bond donors (Lipinski definition) is 0. The maximum Gasteiger partial charge on any atom is 0.254 e. The lowest BCUT2D eigenvalue weighted by Crippen LogP contribution is -2.37. The van der Waals surface area contributed by atoms with E-state index in [1.807, 2.05) is 29.2 Å². The van der Waals surface area contributed by atoms with Gasteiger partial charge in [-0.25, -0.2) is 0 Å². The van der Waals surface area contributed by atoms with Crippen molar-refractivity contribution in [3.05, 3.63) is 59.4 Å². The summed E-state index contributed by atoms with van der Waals surface area (Å²) in [5, 5.41) is 0. The first kappa shape index (κ1) is 19.9. The molecule has 3 heterocycles. The minimum atomic E-state index is 0.0596. The Labute approximate surface area is 173 Å². The smallest absolute Gasteiger partial charge is 0.254 e. The lowest BCUT2D eigenvalue weighted by molar-refractivity contribution is 0.0504. The summed E-state index contributed by atoms with van der Waals surface area (Å²) < 4.78 is 5.82. The van der Waals surface area contributed by atoms with Crippen LogP contribution in [0.3, 0.4) is 0 Å². The van der Waals surface area contributed by atoms with Crippen molar-refractivity contribution >= 4 is 11.6 Å². The number of anilines is 1. The predicted molar refractivity (Wildman–Crippen MR) is 115 cm³/mol. The van der Waals surface area contributed by atoms with Crippen LogP contribution in [0.5, 0.6) is 0 Å². The van der Waals surface area contributed by atoms with Crippen LogP contribution >= 0.6 is 0 Å². The maximum absolute atomic E-state index is 13.5. The number of carbonyl (C=O) groups is 1. The van der Waals surface area contributed by atoms with Crippen LogP contribution in [-0.2, 0) is 11.3 Å². The van der Waals surface area contributed by atoms with Gasteiger partial charge in [-0.1, -0.05) is 12.1 Å². The zero-order valence-electron chi connectivity index (χ0n) is 17.3. The van der Waals surface area contributed by atoms with E-state index in [9.17, 15) is 4.79 Å². The van der Waals surface area contributed by atoms with E-state index in [1.54, 1.807) is 6.20 Å². The molecule has 1 amide bonds. The van der Waals surface area contributed by atoms with Crippen LogP contribution in [0.4, 0.5) is 5.69 Å². The first-order valence-corrected chi connectivity index (χ1v) is 10.9. The molecule has 4 rings (SSSR count). The molecule has 2 aliphatic heterocycles. The number of aromatic nitrogens is 1. The Bertz CT molecular complexity index is 812. The zero-order chi connectivity index (χ0) is 20.1. The number of piperidine rings is 1. The van der Waals surface area contributed by atoms with Crippen molar-refractivity contribution in [3.8, 4) is 0 Å². The van der Waals surface area contributed by atoms with Crippen molar-refractivity contribution in [2.75, 3.05) is 31.1 Å². The van der Waals surface area contributed by atoms with E-state index in [0.717, 1.165) is 43.8 Å². The zero-order valence-corrected chi connectivity index (χ0v) is 17.3. The Balaban J connectivity index is 1.57. The van der Waals surface area contributed by atoms with E-state index >= 15 is 0 Å². The van der Waals surface area contributed by atoms with Gasteiger partial charge in [-0.2, -0.15) is 0 Å². The second kappa shape index (κ2) is 9.40. The lowest BCUT2D eigenvalue weighted by atomic mass is 10.0. The molecule has 0 N–H and O–H groups in total. The average Bonchev–Trinajstić information content (AvgIpc) is 3.28. The van der Waals surface area contributed by atoms with Gasteiger partial charge in [0, 0.05) is 43.7 Å². The summed E-state index contributed by atoms with van der Waals surface area (Å²) in [7, 11) is 0. The van der Waals surface area contributed by atoms with Crippen LogP contribution in [-0.4, -0.2) is 48.1 Å². The number of nitrogens with zero attached hydrogens (tertiary/aromatic N) is 3. The Kier molecular flexibility index (Phi) is 6.45. The van der Waals surface area contributed by atoms with Gasteiger partial charge in [-0.05, 0) is 68.9 Å². The van der Waals surface area contributed by atoms with Crippen LogP contribution in [0.2, 0.25) is 0 Å². The molecular formula is C24H31N3O2. The number of benzene rings is 1. The number of ether oxygens (including phenoxy) is 1. The summed E-state index contributed by atoms with van der Waals surface area (Å²) in [6.07, 6.45) is 7.73. The Morgan fingerprint density at radius 1 is 1.17 bits per heavy atom. The monoisotopic (exact) mass is 393 g/mol. The van der Waals surface area contributed by atoms with Crippen LogP contribution < -0.4 is 4.90 Å². The van der Waals surface area contributed by atoms with Gasteiger partial charge >= 0.3 is 0 Å². The van der Waals surface area contributed by atoms with Crippen LogP contribution in [0.15, 0.2) is 42.6 Å². The molecule has 5 nitrogen and oxygen atoms in total. The Morgan fingerprint density at radius 2 is 2.03 bits per heavy atom. The van der Waals surface area contributed by atoms with E-state index in [1.165, 1.54) is 30.5 Å². The van der Waals surface area contributed by atoms with E-state index in [0.29, 0.717) is 13.1 Å². The van der Waals surface area contributed by atoms with Gasteiger partial charge in [0.25, 0.3) is 5.91 Å². The van der Waals surface area contributed by atoms with E-state index in [-0.39, 0.29) is 12.0 Å². The van der Waals surface area contributed by atoms with Gasteiger partial charge in [0.1, 0.15) is 0 Å². The molecule has 0 spiro atoms. The number of rotatable bonds is 6. The molecule has 0 unspecified atom stereocenters. The highest BCUT2D eigenvalue weighted by atomic mass is 16.5. The molecule has 0 radical (unpaired) electrons. The largest absolute Gasteiger partial charge is 0.376 e. The third kappa shape index (κ3) is 4.96. The summed E-state index contributed by atoms with van der Waals surface area (Å²) >= 11 is 0. The molecule has 5 heteroatoms. The number of aryl methyl sites for hydroxylation is 1. The lowest BCUT2D eigenvalue weighted by Gasteiger charge is -2.31. The summed E-state index contributed by atoms with van der Waals surface area (Å²) in [6, 6.07) is 12.0. The van der Waals surface area contributed by atoms with Gasteiger partial charge < -0.3 is 14.5 Å². The average molecular weight is 394 g/mol.